The maximum atomic E-state index is 13.4. The number of carbonyl (C=O) groups is 2. The van der Waals surface area contributed by atoms with Crippen molar-refractivity contribution in [3.63, 3.8) is 0 Å². The van der Waals surface area contributed by atoms with Gasteiger partial charge in [-0.25, -0.2) is 8.42 Å². The summed E-state index contributed by atoms with van der Waals surface area (Å²) in [4.78, 5) is 27.7. The van der Waals surface area contributed by atoms with Gasteiger partial charge in [0.05, 0.1) is 27.0 Å². The molecular weight excluding hydrogens is 580 g/mol. The fourth-order valence-electron chi connectivity index (χ4n) is 3.55. The molecule has 2 amide bonds. The standard InChI is InChI=1S/C25H31Cl4N3O4S/c1-16(24(34)30-25(2,3)4)31(15-17-8-10-19(27)21(29)13-17)23(33)7-6-12-32(37(5,35)36)22-14-18(26)9-11-20(22)28/h8-11,13-14,16H,6-7,12,15H2,1-5H3,(H,30,34)/t16-/m1/s1. The predicted molar refractivity (Wildman–Crippen MR) is 152 cm³/mol. The van der Waals surface area contributed by atoms with Crippen molar-refractivity contribution in [2.75, 3.05) is 17.1 Å². The third kappa shape index (κ3) is 9.52. The van der Waals surface area contributed by atoms with Crippen molar-refractivity contribution in [2.45, 2.75) is 58.7 Å². The molecule has 37 heavy (non-hydrogen) atoms. The van der Waals surface area contributed by atoms with Gasteiger partial charge in [-0.1, -0.05) is 52.5 Å². The Bertz CT molecular complexity index is 1250. The summed E-state index contributed by atoms with van der Waals surface area (Å²) in [7, 11) is -3.71. The van der Waals surface area contributed by atoms with Crippen molar-refractivity contribution < 1.29 is 18.0 Å². The van der Waals surface area contributed by atoms with Crippen LogP contribution in [0.5, 0.6) is 0 Å². The Hall–Kier alpha value is -1.71. The van der Waals surface area contributed by atoms with Crippen molar-refractivity contribution in [1.29, 1.82) is 0 Å². The van der Waals surface area contributed by atoms with Crippen LogP contribution in [0.4, 0.5) is 5.69 Å². The van der Waals surface area contributed by atoms with Crippen LogP contribution in [-0.2, 0) is 26.2 Å². The summed E-state index contributed by atoms with van der Waals surface area (Å²) in [6.07, 6.45) is 1.22. The van der Waals surface area contributed by atoms with Crippen LogP contribution in [0.15, 0.2) is 36.4 Å². The summed E-state index contributed by atoms with van der Waals surface area (Å²) < 4.78 is 26.1. The SMILES string of the molecule is C[C@H](C(=O)NC(C)(C)C)N(Cc1ccc(Cl)c(Cl)c1)C(=O)CCCN(c1cc(Cl)ccc1Cl)S(C)(=O)=O. The van der Waals surface area contributed by atoms with Gasteiger partial charge in [-0.2, -0.15) is 0 Å². The van der Waals surface area contributed by atoms with Crippen LogP contribution in [-0.4, -0.2) is 49.5 Å². The average molecular weight is 611 g/mol. The first-order chi connectivity index (χ1) is 17.0. The Morgan fingerprint density at radius 3 is 2.16 bits per heavy atom. The van der Waals surface area contributed by atoms with Crippen LogP contribution in [0.2, 0.25) is 20.1 Å². The van der Waals surface area contributed by atoms with Crippen LogP contribution < -0.4 is 9.62 Å². The molecule has 0 spiro atoms. The molecule has 0 bridgehead atoms. The largest absolute Gasteiger partial charge is 0.350 e. The van der Waals surface area contributed by atoms with Crippen LogP contribution in [0.3, 0.4) is 0 Å². The second-order valence-corrected chi connectivity index (χ2v) is 13.3. The van der Waals surface area contributed by atoms with Gasteiger partial charge in [0.2, 0.25) is 21.8 Å². The molecule has 0 aromatic heterocycles. The maximum absolute atomic E-state index is 13.4. The molecule has 12 heteroatoms. The molecule has 0 saturated heterocycles. The van der Waals surface area contributed by atoms with Gasteiger partial charge in [0, 0.05) is 30.1 Å². The summed E-state index contributed by atoms with van der Waals surface area (Å²) in [6, 6.07) is 8.73. The monoisotopic (exact) mass is 609 g/mol. The van der Waals surface area contributed by atoms with E-state index in [1.807, 2.05) is 20.8 Å². The number of nitrogens with zero attached hydrogens (tertiary/aromatic N) is 2. The lowest BCUT2D eigenvalue weighted by Crippen LogP contribution is -2.52. The van der Waals surface area contributed by atoms with E-state index >= 15 is 0 Å². The van der Waals surface area contributed by atoms with E-state index < -0.39 is 21.6 Å². The maximum Gasteiger partial charge on any atom is 0.242 e. The van der Waals surface area contributed by atoms with Crippen molar-refractivity contribution in [3.8, 4) is 0 Å². The summed E-state index contributed by atoms with van der Waals surface area (Å²) in [5.74, 6) is -0.641. The molecule has 0 aliphatic rings. The lowest BCUT2D eigenvalue weighted by Gasteiger charge is -2.32. The molecule has 2 aromatic carbocycles. The molecule has 0 aliphatic heterocycles. The number of hydrogen-bond acceptors (Lipinski definition) is 4. The Labute approximate surface area is 239 Å². The normalized spacial score (nSPS) is 12.7. The summed E-state index contributed by atoms with van der Waals surface area (Å²) in [5.41, 5.74) is 0.437. The predicted octanol–water partition coefficient (Wildman–Crippen LogP) is 6.18. The molecule has 0 aliphatic carbocycles. The summed E-state index contributed by atoms with van der Waals surface area (Å²) in [6.45, 7) is 7.31. The minimum atomic E-state index is -3.71. The van der Waals surface area contributed by atoms with Gasteiger partial charge in [0.1, 0.15) is 6.04 Å². The van der Waals surface area contributed by atoms with Crippen LogP contribution in [0.1, 0.15) is 46.1 Å². The lowest BCUT2D eigenvalue weighted by molar-refractivity contribution is -0.141. The highest BCUT2D eigenvalue weighted by Gasteiger charge is 2.29. The van der Waals surface area contributed by atoms with Crippen molar-refractivity contribution >= 4 is 73.9 Å². The zero-order valence-corrected chi connectivity index (χ0v) is 25.2. The zero-order valence-electron chi connectivity index (χ0n) is 21.3. The highest BCUT2D eigenvalue weighted by molar-refractivity contribution is 7.92. The lowest BCUT2D eigenvalue weighted by atomic mass is 10.1. The number of nitrogens with one attached hydrogen (secondary N) is 1. The Morgan fingerprint density at radius 2 is 1.59 bits per heavy atom. The minimum absolute atomic E-state index is 0.00613. The zero-order chi connectivity index (χ0) is 28.1. The number of anilines is 1. The Kier molecular flexibility index (Phi) is 11.0. The molecule has 7 nitrogen and oxygen atoms in total. The van der Waals surface area contributed by atoms with E-state index in [-0.39, 0.29) is 48.5 Å². The number of amides is 2. The van der Waals surface area contributed by atoms with Gasteiger partial charge in [0.25, 0.3) is 0 Å². The smallest absolute Gasteiger partial charge is 0.242 e. The molecule has 204 valence electrons. The minimum Gasteiger partial charge on any atom is -0.350 e. The van der Waals surface area contributed by atoms with Crippen molar-refractivity contribution in [2.24, 2.45) is 0 Å². The van der Waals surface area contributed by atoms with Crippen LogP contribution >= 0.6 is 46.4 Å². The van der Waals surface area contributed by atoms with Crippen molar-refractivity contribution in [1.82, 2.24) is 10.2 Å². The molecule has 1 atom stereocenters. The third-order valence-corrected chi connectivity index (χ3v) is 7.81. The second-order valence-electron chi connectivity index (χ2n) is 9.72. The fourth-order valence-corrected chi connectivity index (χ4v) is 5.28. The fraction of sp³-hybridized carbons (Fsp3) is 0.440. The molecule has 2 rings (SSSR count). The molecule has 0 radical (unpaired) electrons. The van der Waals surface area contributed by atoms with Crippen LogP contribution in [0.25, 0.3) is 0 Å². The first-order valence-electron chi connectivity index (χ1n) is 11.5. The molecule has 0 fully saturated rings. The Balaban J connectivity index is 2.25. The van der Waals surface area contributed by atoms with Gasteiger partial charge in [-0.05, 0) is 70.0 Å². The average Bonchev–Trinajstić information content (AvgIpc) is 2.76. The van der Waals surface area contributed by atoms with E-state index in [0.717, 1.165) is 10.6 Å². The molecular formula is C25H31Cl4N3O4S. The van der Waals surface area contributed by atoms with Gasteiger partial charge >= 0.3 is 0 Å². The number of sulfonamides is 1. The first kappa shape index (κ1) is 31.5. The number of benzene rings is 2. The summed E-state index contributed by atoms with van der Waals surface area (Å²) >= 11 is 24.5. The molecule has 1 N–H and O–H groups in total. The molecule has 0 heterocycles. The third-order valence-electron chi connectivity index (χ3n) is 5.33. The first-order valence-corrected chi connectivity index (χ1v) is 14.8. The number of carbonyl (C=O) groups excluding carboxylic acids is 2. The van der Waals surface area contributed by atoms with Gasteiger partial charge in [-0.3, -0.25) is 13.9 Å². The highest BCUT2D eigenvalue weighted by Crippen LogP contribution is 2.31. The van der Waals surface area contributed by atoms with E-state index in [1.54, 1.807) is 31.2 Å². The van der Waals surface area contributed by atoms with E-state index in [0.29, 0.717) is 20.6 Å². The van der Waals surface area contributed by atoms with Gasteiger partial charge in [0.15, 0.2) is 0 Å². The topological polar surface area (TPSA) is 86.8 Å². The molecule has 0 saturated carbocycles. The Morgan fingerprint density at radius 1 is 0.973 bits per heavy atom. The number of halogens is 4. The van der Waals surface area contributed by atoms with Gasteiger partial charge < -0.3 is 10.2 Å². The highest BCUT2D eigenvalue weighted by atomic mass is 35.5. The number of rotatable bonds is 10. The van der Waals surface area contributed by atoms with E-state index in [1.165, 1.54) is 17.0 Å². The van der Waals surface area contributed by atoms with E-state index in [4.69, 9.17) is 46.4 Å². The molecule has 2 aromatic rings. The summed E-state index contributed by atoms with van der Waals surface area (Å²) in [5, 5.41) is 4.15. The van der Waals surface area contributed by atoms with Crippen molar-refractivity contribution in [3.05, 3.63) is 62.1 Å². The molecule has 0 unspecified atom stereocenters. The quantitative estimate of drug-likeness (QED) is 0.348. The van der Waals surface area contributed by atoms with E-state index in [9.17, 15) is 18.0 Å². The number of hydrogen-bond donors (Lipinski definition) is 1. The van der Waals surface area contributed by atoms with Gasteiger partial charge in [-0.15, -0.1) is 0 Å². The van der Waals surface area contributed by atoms with E-state index in [2.05, 4.69) is 5.32 Å². The van der Waals surface area contributed by atoms with Crippen LogP contribution in [0, 0.1) is 0 Å². The second kappa shape index (κ2) is 12.9.